The van der Waals surface area contributed by atoms with Gasteiger partial charge < -0.3 is 14.8 Å². The molecule has 1 unspecified atom stereocenters. The number of hydrogen-bond donors (Lipinski definition) is 1. The van der Waals surface area contributed by atoms with Crippen LogP contribution in [0.4, 0.5) is 4.39 Å². The van der Waals surface area contributed by atoms with Gasteiger partial charge in [-0.1, -0.05) is 37.6 Å². The third-order valence-electron chi connectivity index (χ3n) is 3.71. The Bertz CT molecular complexity index is 719. The highest BCUT2D eigenvalue weighted by Crippen LogP contribution is 2.26. The summed E-state index contributed by atoms with van der Waals surface area (Å²) in [5.41, 5.74) is 0.976. The quantitative estimate of drug-likeness (QED) is 0.792. The van der Waals surface area contributed by atoms with Gasteiger partial charge in [-0.05, 0) is 41.8 Å². The van der Waals surface area contributed by atoms with Crippen LogP contribution in [-0.2, 0) is 4.79 Å². The second kappa shape index (κ2) is 8.72. The number of halogens is 2. The number of carbonyl (C=O) groups is 1. The molecule has 134 valence electrons. The van der Waals surface area contributed by atoms with Gasteiger partial charge in [-0.2, -0.15) is 0 Å². The minimum atomic E-state index is -0.457. The SMILES string of the molecule is COc1ccc(C(NC(=O)COc2ccc(F)cc2Cl)C(C)C)cc1. The average Bonchev–Trinajstić information content (AvgIpc) is 2.59. The molecule has 1 N–H and O–H groups in total. The Morgan fingerprint density at radius 2 is 1.88 bits per heavy atom. The van der Waals surface area contributed by atoms with Crippen LogP contribution < -0.4 is 14.8 Å². The molecule has 0 radical (unpaired) electrons. The zero-order valence-corrected chi connectivity index (χ0v) is 15.1. The first-order chi connectivity index (χ1) is 11.9. The van der Waals surface area contributed by atoms with Crippen LogP contribution in [0.1, 0.15) is 25.5 Å². The molecular weight excluding hydrogens is 345 g/mol. The van der Waals surface area contributed by atoms with Crippen LogP contribution in [0.25, 0.3) is 0 Å². The summed E-state index contributed by atoms with van der Waals surface area (Å²) in [6.45, 7) is 3.84. The molecule has 4 nitrogen and oxygen atoms in total. The van der Waals surface area contributed by atoms with Gasteiger partial charge in [0.25, 0.3) is 5.91 Å². The van der Waals surface area contributed by atoms with E-state index in [-0.39, 0.29) is 35.2 Å². The van der Waals surface area contributed by atoms with Crippen molar-refractivity contribution in [1.29, 1.82) is 0 Å². The molecule has 0 spiro atoms. The van der Waals surface area contributed by atoms with Crippen molar-refractivity contribution in [1.82, 2.24) is 5.32 Å². The summed E-state index contributed by atoms with van der Waals surface area (Å²) in [7, 11) is 1.61. The maximum Gasteiger partial charge on any atom is 0.258 e. The van der Waals surface area contributed by atoms with Crippen LogP contribution in [-0.4, -0.2) is 19.6 Å². The Labute approximate surface area is 151 Å². The van der Waals surface area contributed by atoms with E-state index in [1.54, 1.807) is 7.11 Å². The summed E-state index contributed by atoms with van der Waals surface area (Å²) in [5, 5.41) is 3.08. The normalized spacial score (nSPS) is 11.9. The Hall–Kier alpha value is -2.27. The van der Waals surface area contributed by atoms with Crippen LogP contribution in [0.5, 0.6) is 11.5 Å². The van der Waals surface area contributed by atoms with Crippen molar-refractivity contribution < 1.29 is 18.7 Å². The van der Waals surface area contributed by atoms with E-state index in [1.165, 1.54) is 12.1 Å². The molecule has 0 aliphatic heterocycles. The molecule has 1 atom stereocenters. The molecule has 0 aliphatic carbocycles. The number of ether oxygens (including phenoxy) is 2. The van der Waals surface area contributed by atoms with Gasteiger partial charge >= 0.3 is 0 Å². The monoisotopic (exact) mass is 365 g/mol. The van der Waals surface area contributed by atoms with Crippen molar-refractivity contribution in [2.45, 2.75) is 19.9 Å². The number of methoxy groups -OCH3 is 1. The maximum absolute atomic E-state index is 13.0. The number of hydrogen-bond acceptors (Lipinski definition) is 3. The molecule has 0 heterocycles. The zero-order valence-electron chi connectivity index (χ0n) is 14.4. The highest BCUT2D eigenvalue weighted by molar-refractivity contribution is 6.32. The molecule has 2 aromatic carbocycles. The zero-order chi connectivity index (χ0) is 18.4. The molecule has 0 aliphatic rings. The fourth-order valence-corrected chi connectivity index (χ4v) is 2.62. The van der Waals surface area contributed by atoms with Crippen LogP contribution in [0, 0.1) is 11.7 Å². The van der Waals surface area contributed by atoms with Crippen molar-refractivity contribution in [2.24, 2.45) is 5.92 Å². The molecule has 2 aromatic rings. The van der Waals surface area contributed by atoms with Gasteiger partial charge in [0.1, 0.15) is 17.3 Å². The van der Waals surface area contributed by atoms with Crippen molar-refractivity contribution in [3.05, 3.63) is 58.9 Å². The summed E-state index contributed by atoms with van der Waals surface area (Å²) in [5.74, 6) is 0.471. The molecular formula is C19H21ClFNO3. The Kier molecular flexibility index (Phi) is 6.65. The predicted octanol–water partition coefficient (Wildman–Crippen LogP) is 4.38. The molecule has 0 saturated carbocycles. The van der Waals surface area contributed by atoms with Gasteiger partial charge in [0.15, 0.2) is 6.61 Å². The summed E-state index contributed by atoms with van der Waals surface area (Å²) in [6, 6.07) is 11.1. The van der Waals surface area contributed by atoms with E-state index in [9.17, 15) is 9.18 Å². The number of nitrogens with one attached hydrogen (secondary N) is 1. The predicted molar refractivity (Wildman–Crippen MR) is 95.6 cm³/mol. The van der Waals surface area contributed by atoms with E-state index < -0.39 is 5.82 Å². The fourth-order valence-electron chi connectivity index (χ4n) is 2.40. The lowest BCUT2D eigenvalue weighted by Crippen LogP contribution is -2.35. The standard InChI is InChI=1S/C19H21ClFNO3/c1-12(2)19(13-4-7-15(24-3)8-5-13)22-18(23)11-25-17-9-6-14(21)10-16(17)20/h4-10,12,19H,11H2,1-3H3,(H,22,23). The lowest BCUT2D eigenvalue weighted by atomic mass is 9.96. The first-order valence-corrected chi connectivity index (χ1v) is 8.29. The second-order valence-corrected chi connectivity index (χ2v) is 6.33. The van der Waals surface area contributed by atoms with Crippen molar-refractivity contribution in [3.8, 4) is 11.5 Å². The van der Waals surface area contributed by atoms with Crippen molar-refractivity contribution >= 4 is 17.5 Å². The highest BCUT2D eigenvalue weighted by Gasteiger charge is 2.19. The molecule has 0 aromatic heterocycles. The molecule has 0 saturated heterocycles. The van der Waals surface area contributed by atoms with Gasteiger partial charge in [-0.3, -0.25) is 4.79 Å². The fraction of sp³-hybridized carbons (Fsp3) is 0.316. The third kappa shape index (κ3) is 5.36. The number of benzene rings is 2. The number of carbonyl (C=O) groups excluding carboxylic acids is 1. The van der Waals surface area contributed by atoms with E-state index in [0.717, 1.165) is 17.4 Å². The molecule has 0 fully saturated rings. The Morgan fingerprint density at radius 3 is 2.44 bits per heavy atom. The molecule has 0 bridgehead atoms. The van der Waals surface area contributed by atoms with Gasteiger partial charge in [0.05, 0.1) is 18.2 Å². The smallest absolute Gasteiger partial charge is 0.258 e. The first kappa shape index (κ1) is 19.1. The van der Waals surface area contributed by atoms with E-state index in [0.29, 0.717) is 0 Å². The minimum Gasteiger partial charge on any atom is -0.497 e. The number of amides is 1. The largest absolute Gasteiger partial charge is 0.497 e. The summed E-state index contributed by atoms with van der Waals surface area (Å²) in [6.07, 6.45) is 0. The third-order valence-corrected chi connectivity index (χ3v) is 4.01. The Balaban J connectivity index is 1.99. The minimum absolute atomic E-state index is 0.128. The maximum atomic E-state index is 13.0. The van der Waals surface area contributed by atoms with Crippen LogP contribution >= 0.6 is 11.6 Å². The highest BCUT2D eigenvalue weighted by atomic mass is 35.5. The molecule has 25 heavy (non-hydrogen) atoms. The van der Waals surface area contributed by atoms with Gasteiger partial charge in [0.2, 0.25) is 0 Å². The van der Waals surface area contributed by atoms with E-state index in [1.807, 2.05) is 38.1 Å². The molecule has 6 heteroatoms. The topological polar surface area (TPSA) is 47.6 Å². The van der Waals surface area contributed by atoms with Crippen molar-refractivity contribution in [2.75, 3.05) is 13.7 Å². The van der Waals surface area contributed by atoms with Gasteiger partial charge in [-0.25, -0.2) is 4.39 Å². The van der Waals surface area contributed by atoms with Crippen molar-refractivity contribution in [3.63, 3.8) is 0 Å². The van der Waals surface area contributed by atoms with E-state index >= 15 is 0 Å². The van der Waals surface area contributed by atoms with E-state index in [2.05, 4.69) is 5.32 Å². The van der Waals surface area contributed by atoms with Crippen LogP contribution in [0.15, 0.2) is 42.5 Å². The lowest BCUT2D eigenvalue weighted by molar-refractivity contribution is -0.124. The van der Waals surface area contributed by atoms with Gasteiger partial charge in [-0.15, -0.1) is 0 Å². The van der Waals surface area contributed by atoms with Crippen LogP contribution in [0.3, 0.4) is 0 Å². The molecule has 2 rings (SSSR count). The van der Waals surface area contributed by atoms with Crippen LogP contribution in [0.2, 0.25) is 5.02 Å². The molecule has 1 amide bonds. The average molecular weight is 366 g/mol. The Morgan fingerprint density at radius 1 is 1.20 bits per heavy atom. The lowest BCUT2D eigenvalue weighted by Gasteiger charge is -2.23. The second-order valence-electron chi connectivity index (χ2n) is 5.93. The first-order valence-electron chi connectivity index (χ1n) is 7.92. The summed E-state index contributed by atoms with van der Waals surface area (Å²) >= 11 is 5.89. The van der Waals surface area contributed by atoms with E-state index in [4.69, 9.17) is 21.1 Å². The van der Waals surface area contributed by atoms with Gasteiger partial charge in [0, 0.05) is 0 Å². The number of rotatable bonds is 7. The summed E-state index contributed by atoms with van der Waals surface area (Å²) < 4.78 is 23.5. The summed E-state index contributed by atoms with van der Waals surface area (Å²) in [4.78, 5) is 12.2.